The first-order valence-electron chi connectivity index (χ1n) is 8.09. The summed E-state index contributed by atoms with van der Waals surface area (Å²) in [6.07, 6.45) is 1.57. The quantitative estimate of drug-likeness (QED) is 0.519. The van der Waals surface area contributed by atoms with Crippen LogP contribution < -0.4 is 10.9 Å². The predicted molar refractivity (Wildman–Crippen MR) is 105 cm³/mol. The monoisotopic (exact) mass is 386 g/mol. The van der Waals surface area contributed by atoms with Crippen molar-refractivity contribution in [2.24, 2.45) is 0 Å². The second kappa shape index (κ2) is 8.29. The SMILES string of the molecule is CCSc1nnc(NC(=O)c2ccc(=O)n(Cc3cccc(C)c3)c2)s1. The van der Waals surface area contributed by atoms with E-state index in [1.165, 1.54) is 28.0 Å². The van der Waals surface area contributed by atoms with Crippen molar-refractivity contribution in [1.82, 2.24) is 14.8 Å². The third kappa shape index (κ3) is 4.59. The van der Waals surface area contributed by atoms with Crippen LogP contribution in [0.15, 0.2) is 51.7 Å². The van der Waals surface area contributed by atoms with Gasteiger partial charge in [-0.05, 0) is 24.3 Å². The van der Waals surface area contributed by atoms with Gasteiger partial charge in [0.2, 0.25) is 5.13 Å². The van der Waals surface area contributed by atoms with Crippen molar-refractivity contribution in [3.63, 3.8) is 0 Å². The van der Waals surface area contributed by atoms with Gasteiger partial charge >= 0.3 is 0 Å². The number of pyridine rings is 1. The maximum Gasteiger partial charge on any atom is 0.258 e. The number of aromatic nitrogens is 3. The van der Waals surface area contributed by atoms with Crippen molar-refractivity contribution in [3.8, 4) is 0 Å². The highest BCUT2D eigenvalue weighted by Crippen LogP contribution is 2.25. The first kappa shape index (κ1) is 18.3. The number of aryl methyl sites for hydroxylation is 1. The van der Waals surface area contributed by atoms with E-state index in [0.717, 1.165) is 21.2 Å². The van der Waals surface area contributed by atoms with Crippen molar-refractivity contribution in [2.45, 2.75) is 24.7 Å². The molecule has 0 spiro atoms. The van der Waals surface area contributed by atoms with Crippen LogP contribution in [-0.4, -0.2) is 26.4 Å². The van der Waals surface area contributed by atoms with Crippen LogP contribution in [0.25, 0.3) is 0 Å². The molecule has 3 rings (SSSR count). The average molecular weight is 387 g/mol. The molecule has 0 aliphatic carbocycles. The summed E-state index contributed by atoms with van der Waals surface area (Å²) in [6.45, 7) is 4.45. The van der Waals surface area contributed by atoms with Crippen LogP contribution in [0.2, 0.25) is 0 Å². The standard InChI is InChI=1S/C18H18N4O2S2/c1-3-25-18-21-20-17(26-18)19-16(24)14-7-8-15(23)22(11-14)10-13-6-4-5-12(2)9-13/h4-9,11H,3,10H2,1-2H3,(H,19,20,24). The highest BCUT2D eigenvalue weighted by atomic mass is 32.2. The highest BCUT2D eigenvalue weighted by Gasteiger charge is 2.12. The van der Waals surface area contributed by atoms with Gasteiger partial charge < -0.3 is 4.57 Å². The van der Waals surface area contributed by atoms with Crippen LogP contribution in [-0.2, 0) is 6.54 Å². The Bertz CT molecular complexity index is 981. The highest BCUT2D eigenvalue weighted by molar-refractivity contribution is 8.01. The Labute approximate surface area is 159 Å². The van der Waals surface area contributed by atoms with Gasteiger partial charge in [-0.2, -0.15) is 0 Å². The van der Waals surface area contributed by atoms with E-state index < -0.39 is 0 Å². The maximum atomic E-state index is 12.5. The second-order valence-corrected chi connectivity index (χ2v) is 8.12. The molecule has 0 saturated carbocycles. The molecule has 0 aliphatic heterocycles. The van der Waals surface area contributed by atoms with Crippen molar-refractivity contribution >= 4 is 34.1 Å². The first-order valence-corrected chi connectivity index (χ1v) is 9.89. The molecule has 8 heteroatoms. The number of amides is 1. The Balaban J connectivity index is 1.77. The normalized spacial score (nSPS) is 10.7. The number of nitrogens with zero attached hydrogens (tertiary/aromatic N) is 3. The van der Waals surface area contributed by atoms with Crippen molar-refractivity contribution in [2.75, 3.05) is 11.1 Å². The topological polar surface area (TPSA) is 76.9 Å². The fourth-order valence-corrected chi connectivity index (χ4v) is 4.05. The summed E-state index contributed by atoms with van der Waals surface area (Å²) in [7, 11) is 0. The number of carbonyl (C=O) groups is 1. The Morgan fingerprint density at radius 3 is 2.88 bits per heavy atom. The average Bonchev–Trinajstić information content (AvgIpc) is 3.04. The zero-order valence-electron chi connectivity index (χ0n) is 14.4. The number of carbonyl (C=O) groups excluding carboxylic acids is 1. The predicted octanol–water partition coefficient (Wildman–Crippen LogP) is 3.42. The molecular weight excluding hydrogens is 368 g/mol. The summed E-state index contributed by atoms with van der Waals surface area (Å²) in [5.41, 5.74) is 2.38. The van der Waals surface area contributed by atoms with E-state index in [2.05, 4.69) is 15.5 Å². The fourth-order valence-electron chi connectivity index (χ4n) is 2.41. The number of benzene rings is 1. The minimum absolute atomic E-state index is 0.152. The van der Waals surface area contributed by atoms with E-state index in [4.69, 9.17) is 0 Å². The molecule has 1 aromatic carbocycles. The summed E-state index contributed by atoms with van der Waals surface area (Å²) in [5.74, 6) is 0.583. The molecule has 2 aromatic heterocycles. The number of anilines is 1. The van der Waals surface area contributed by atoms with Crippen molar-refractivity contribution in [3.05, 3.63) is 69.6 Å². The van der Waals surface area contributed by atoms with E-state index >= 15 is 0 Å². The van der Waals surface area contributed by atoms with Crippen LogP contribution in [0.1, 0.15) is 28.4 Å². The van der Waals surface area contributed by atoms with Crippen LogP contribution in [0, 0.1) is 6.92 Å². The van der Waals surface area contributed by atoms with Crippen molar-refractivity contribution in [1.29, 1.82) is 0 Å². The van der Waals surface area contributed by atoms with E-state index in [-0.39, 0.29) is 11.5 Å². The lowest BCUT2D eigenvalue weighted by Crippen LogP contribution is -2.22. The second-order valence-electron chi connectivity index (χ2n) is 5.63. The Hall–Kier alpha value is -2.45. The van der Waals surface area contributed by atoms with Gasteiger partial charge in [-0.15, -0.1) is 10.2 Å². The molecule has 0 fully saturated rings. The summed E-state index contributed by atoms with van der Waals surface area (Å²) in [5, 5.41) is 11.2. The lowest BCUT2D eigenvalue weighted by atomic mass is 10.1. The Morgan fingerprint density at radius 1 is 1.27 bits per heavy atom. The molecule has 1 N–H and O–H groups in total. The zero-order valence-corrected chi connectivity index (χ0v) is 16.1. The molecule has 26 heavy (non-hydrogen) atoms. The maximum absolute atomic E-state index is 12.5. The van der Waals surface area contributed by atoms with Gasteiger partial charge in [0, 0.05) is 12.3 Å². The summed E-state index contributed by atoms with van der Waals surface area (Å²) in [6, 6.07) is 10.9. The molecule has 0 bridgehead atoms. The van der Waals surface area contributed by atoms with Gasteiger partial charge in [0.05, 0.1) is 12.1 Å². The lowest BCUT2D eigenvalue weighted by molar-refractivity contribution is 0.102. The van der Waals surface area contributed by atoms with Gasteiger partial charge in [0.15, 0.2) is 4.34 Å². The zero-order chi connectivity index (χ0) is 18.5. The van der Waals surface area contributed by atoms with Crippen LogP contribution in [0.5, 0.6) is 0 Å². The van der Waals surface area contributed by atoms with Gasteiger partial charge in [-0.1, -0.05) is 59.9 Å². The van der Waals surface area contributed by atoms with Gasteiger partial charge in [0.25, 0.3) is 11.5 Å². The smallest absolute Gasteiger partial charge is 0.258 e. The van der Waals surface area contributed by atoms with Crippen molar-refractivity contribution < 1.29 is 4.79 Å². The summed E-state index contributed by atoms with van der Waals surface area (Å²) < 4.78 is 2.34. The van der Waals surface area contributed by atoms with E-state index in [1.54, 1.807) is 18.0 Å². The van der Waals surface area contributed by atoms with Crippen LogP contribution in [0.4, 0.5) is 5.13 Å². The largest absolute Gasteiger partial charge is 0.310 e. The summed E-state index contributed by atoms with van der Waals surface area (Å²) in [4.78, 5) is 24.6. The van der Waals surface area contributed by atoms with Gasteiger partial charge in [-0.3, -0.25) is 14.9 Å². The third-order valence-electron chi connectivity index (χ3n) is 3.58. The Kier molecular flexibility index (Phi) is 5.85. The van der Waals surface area contributed by atoms with E-state index in [0.29, 0.717) is 17.2 Å². The van der Waals surface area contributed by atoms with Crippen LogP contribution in [0.3, 0.4) is 0 Å². The number of rotatable bonds is 6. The molecule has 1 amide bonds. The molecule has 0 saturated heterocycles. The first-order chi connectivity index (χ1) is 12.5. The molecule has 0 aliphatic rings. The number of hydrogen-bond acceptors (Lipinski definition) is 6. The lowest BCUT2D eigenvalue weighted by Gasteiger charge is -2.09. The minimum Gasteiger partial charge on any atom is -0.310 e. The number of hydrogen-bond donors (Lipinski definition) is 1. The third-order valence-corrected chi connectivity index (χ3v) is 5.43. The molecule has 0 unspecified atom stereocenters. The molecule has 3 aromatic rings. The van der Waals surface area contributed by atoms with Crippen LogP contribution >= 0.6 is 23.1 Å². The fraction of sp³-hybridized carbons (Fsp3) is 0.222. The van der Waals surface area contributed by atoms with E-state index in [9.17, 15) is 9.59 Å². The molecule has 6 nitrogen and oxygen atoms in total. The number of nitrogens with one attached hydrogen (secondary N) is 1. The molecular formula is C18H18N4O2S2. The summed E-state index contributed by atoms with van der Waals surface area (Å²) >= 11 is 2.91. The molecule has 2 heterocycles. The van der Waals surface area contributed by atoms with Gasteiger partial charge in [0.1, 0.15) is 0 Å². The Morgan fingerprint density at radius 2 is 2.12 bits per heavy atom. The molecule has 0 radical (unpaired) electrons. The minimum atomic E-state index is -0.313. The number of thioether (sulfide) groups is 1. The van der Waals surface area contributed by atoms with Gasteiger partial charge in [-0.25, -0.2) is 0 Å². The van der Waals surface area contributed by atoms with E-state index in [1.807, 2.05) is 38.1 Å². The molecule has 0 atom stereocenters. The molecule has 134 valence electrons.